The van der Waals surface area contributed by atoms with E-state index in [2.05, 4.69) is 5.32 Å². The molecule has 0 heterocycles. The average Bonchev–Trinajstić information content (AvgIpc) is 2.22. The van der Waals surface area contributed by atoms with Crippen LogP contribution in [0.25, 0.3) is 0 Å². The summed E-state index contributed by atoms with van der Waals surface area (Å²) in [4.78, 5) is 0. The van der Waals surface area contributed by atoms with E-state index in [0.29, 0.717) is 17.8 Å². The van der Waals surface area contributed by atoms with Crippen LogP contribution in [0, 0.1) is 0 Å². The highest BCUT2D eigenvalue weighted by atomic mass is 16.3. The molecule has 0 saturated heterocycles. The minimum absolute atomic E-state index is 0.00955. The zero-order valence-electron chi connectivity index (χ0n) is 8.35. The van der Waals surface area contributed by atoms with Gasteiger partial charge < -0.3 is 26.4 Å². The van der Waals surface area contributed by atoms with Gasteiger partial charge in [0.25, 0.3) is 0 Å². The topological polar surface area (TPSA) is 98.7 Å². The maximum atomic E-state index is 9.69. The summed E-state index contributed by atoms with van der Waals surface area (Å²) >= 11 is 0. The second kappa shape index (κ2) is 5.55. The highest BCUT2D eigenvalue weighted by Gasteiger charge is 2.11. The first-order chi connectivity index (χ1) is 7.15. The predicted molar refractivity (Wildman–Crippen MR) is 57.4 cm³/mol. The summed E-state index contributed by atoms with van der Waals surface area (Å²) in [5, 5.41) is 30.5. The van der Waals surface area contributed by atoms with Crippen molar-refractivity contribution in [3.63, 3.8) is 0 Å². The van der Waals surface area contributed by atoms with E-state index in [0.717, 1.165) is 0 Å². The van der Waals surface area contributed by atoms with Gasteiger partial charge in [0.2, 0.25) is 0 Å². The maximum Gasteiger partial charge on any atom is 0.121 e. The molecule has 1 atom stereocenters. The molecule has 0 spiro atoms. The Morgan fingerprint density at radius 2 is 2.13 bits per heavy atom. The summed E-state index contributed by atoms with van der Waals surface area (Å²) in [6.07, 6.45) is -0.833. The van der Waals surface area contributed by atoms with E-state index < -0.39 is 6.10 Å². The van der Waals surface area contributed by atoms with Gasteiger partial charge in [0.1, 0.15) is 5.75 Å². The number of phenols is 1. The number of hydrogen-bond acceptors (Lipinski definition) is 5. The van der Waals surface area contributed by atoms with E-state index in [4.69, 9.17) is 10.8 Å². The summed E-state index contributed by atoms with van der Waals surface area (Å²) in [6, 6.07) is 4.53. The third kappa shape index (κ3) is 3.39. The number of benzene rings is 1. The molecule has 0 saturated carbocycles. The fraction of sp³-hybridized carbons (Fsp3) is 0.400. The number of rotatable bonds is 5. The van der Waals surface area contributed by atoms with E-state index in [9.17, 15) is 10.2 Å². The number of phenolic OH excluding ortho intramolecular Hbond substituents is 1. The number of aliphatic hydroxyl groups excluding tert-OH is 2. The van der Waals surface area contributed by atoms with Crippen molar-refractivity contribution >= 4 is 5.69 Å². The Kier molecular flexibility index (Phi) is 4.36. The number of nitrogens with one attached hydrogen (secondary N) is 1. The lowest BCUT2D eigenvalue weighted by atomic mass is 10.1. The van der Waals surface area contributed by atoms with Crippen LogP contribution in [0.15, 0.2) is 18.2 Å². The number of aromatic hydroxyl groups is 1. The van der Waals surface area contributed by atoms with Gasteiger partial charge in [0.15, 0.2) is 0 Å². The van der Waals surface area contributed by atoms with Crippen molar-refractivity contribution in [3.8, 4) is 5.75 Å². The molecule has 1 aromatic rings. The monoisotopic (exact) mass is 212 g/mol. The molecule has 84 valence electrons. The van der Waals surface area contributed by atoms with E-state index in [1.807, 2.05) is 0 Å². The van der Waals surface area contributed by atoms with E-state index in [-0.39, 0.29) is 18.9 Å². The lowest BCUT2D eigenvalue weighted by Crippen LogP contribution is -2.24. The Hall–Kier alpha value is -1.30. The lowest BCUT2D eigenvalue weighted by Gasteiger charge is -2.13. The van der Waals surface area contributed by atoms with Crippen LogP contribution < -0.4 is 11.1 Å². The Morgan fingerprint density at radius 3 is 2.80 bits per heavy atom. The molecule has 0 aromatic heterocycles. The molecule has 1 aromatic carbocycles. The zero-order chi connectivity index (χ0) is 11.3. The highest BCUT2D eigenvalue weighted by molar-refractivity contribution is 5.48. The largest absolute Gasteiger partial charge is 0.508 e. The fourth-order valence-corrected chi connectivity index (χ4v) is 1.27. The van der Waals surface area contributed by atoms with Crippen molar-refractivity contribution in [3.05, 3.63) is 23.8 Å². The first-order valence-electron chi connectivity index (χ1n) is 4.73. The average molecular weight is 212 g/mol. The summed E-state index contributed by atoms with van der Waals surface area (Å²) in [6.45, 7) is 0.674. The molecule has 15 heavy (non-hydrogen) atoms. The Labute approximate surface area is 88.2 Å². The molecule has 0 fully saturated rings. The number of hydrogen-bond donors (Lipinski definition) is 5. The summed E-state index contributed by atoms with van der Waals surface area (Å²) in [5.41, 5.74) is 6.42. The van der Waals surface area contributed by atoms with Crippen LogP contribution in [0.1, 0.15) is 11.7 Å². The molecule has 5 nitrogen and oxygen atoms in total. The molecule has 0 bridgehead atoms. The highest BCUT2D eigenvalue weighted by Crippen LogP contribution is 2.25. The maximum absolute atomic E-state index is 9.69. The minimum atomic E-state index is -0.833. The minimum Gasteiger partial charge on any atom is -0.508 e. The van der Waals surface area contributed by atoms with Gasteiger partial charge >= 0.3 is 0 Å². The van der Waals surface area contributed by atoms with Crippen LogP contribution in [-0.2, 0) is 0 Å². The first kappa shape index (κ1) is 11.8. The summed E-state index contributed by atoms with van der Waals surface area (Å²) in [5.74, 6) is 0.0162. The third-order valence-corrected chi connectivity index (χ3v) is 2.04. The molecular weight excluding hydrogens is 196 g/mol. The molecule has 0 aliphatic heterocycles. The lowest BCUT2D eigenvalue weighted by molar-refractivity contribution is 0.167. The second-order valence-electron chi connectivity index (χ2n) is 3.26. The number of nitrogen functional groups attached to an aromatic ring is 1. The summed E-state index contributed by atoms with van der Waals surface area (Å²) in [7, 11) is 0. The SMILES string of the molecule is Nc1ccc(O)c(C(O)CNCCO)c1. The fourth-order valence-electron chi connectivity index (χ4n) is 1.27. The molecule has 6 N–H and O–H groups in total. The van der Waals surface area contributed by atoms with Gasteiger partial charge in [-0.3, -0.25) is 0 Å². The van der Waals surface area contributed by atoms with Gasteiger partial charge in [-0.25, -0.2) is 0 Å². The van der Waals surface area contributed by atoms with Crippen molar-refractivity contribution in [2.45, 2.75) is 6.10 Å². The van der Waals surface area contributed by atoms with Crippen LogP contribution in [-0.4, -0.2) is 35.0 Å². The van der Waals surface area contributed by atoms with Gasteiger partial charge in [-0.15, -0.1) is 0 Å². The van der Waals surface area contributed by atoms with Gasteiger partial charge in [-0.1, -0.05) is 0 Å². The predicted octanol–water partition coefficient (Wildman–Crippen LogP) is -0.410. The van der Waals surface area contributed by atoms with E-state index in [1.54, 1.807) is 6.07 Å². The molecule has 1 unspecified atom stereocenters. The van der Waals surface area contributed by atoms with Crippen LogP contribution in [0.2, 0.25) is 0 Å². The number of aliphatic hydroxyl groups is 2. The van der Waals surface area contributed by atoms with Crippen molar-refractivity contribution < 1.29 is 15.3 Å². The Morgan fingerprint density at radius 1 is 1.40 bits per heavy atom. The van der Waals surface area contributed by atoms with Crippen LogP contribution in [0.4, 0.5) is 5.69 Å². The second-order valence-corrected chi connectivity index (χ2v) is 3.26. The third-order valence-electron chi connectivity index (χ3n) is 2.04. The van der Waals surface area contributed by atoms with Crippen LogP contribution in [0.5, 0.6) is 5.75 Å². The van der Waals surface area contributed by atoms with Gasteiger partial charge in [0.05, 0.1) is 12.7 Å². The molecule has 0 aliphatic rings. The van der Waals surface area contributed by atoms with Gasteiger partial charge in [-0.2, -0.15) is 0 Å². The number of nitrogens with two attached hydrogens (primary N) is 1. The van der Waals surface area contributed by atoms with Gasteiger partial charge in [-0.05, 0) is 18.2 Å². The first-order valence-corrected chi connectivity index (χ1v) is 4.73. The van der Waals surface area contributed by atoms with Gasteiger partial charge in [0, 0.05) is 24.3 Å². The van der Waals surface area contributed by atoms with Crippen molar-refractivity contribution in [1.82, 2.24) is 5.32 Å². The van der Waals surface area contributed by atoms with E-state index in [1.165, 1.54) is 12.1 Å². The van der Waals surface area contributed by atoms with Crippen LogP contribution >= 0.6 is 0 Å². The quantitative estimate of drug-likeness (QED) is 0.259. The number of anilines is 1. The zero-order valence-corrected chi connectivity index (χ0v) is 8.35. The smallest absolute Gasteiger partial charge is 0.121 e. The standard InChI is InChI=1S/C10H16N2O3/c11-7-1-2-9(14)8(5-7)10(15)6-12-3-4-13/h1-2,5,10,12-15H,3-4,6,11H2. The van der Waals surface area contributed by atoms with Crippen molar-refractivity contribution in [1.29, 1.82) is 0 Å². The van der Waals surface area contributed by atoms with Crippen LogP contribution in [0.3, 0.4) is 0 Å². The molecule has 0 amide bonds. The molecule has 1 rings (SSSR count). The normalized spacial score (nSPS) is 12.7. The molecule has 0 radical (unpaired) electrons. The van der Waals surface area contributed by atoms with E-state index >= 15 is 0 Å². The summed E-state index contributed by atoms with van der Waals surface area (Å²) < 4.78 is 0. The van der Waals surface area contributed by atoms with Crippen molar-refractivity contribution in [2.24, 2.45) is 0 Å². The molecular formula is C10H16N2O3. The molecule has 0 aliphatic carbocycles. The Balaban J connectivity index is 2.64. The Bertz CT molecular complexity index is 318. The van der Waals surface area contributed by atoms with Crippen molar-refractivity contribution in [2.75, 3.05) is 25.4 Å². The molecule has 5 heteroatoms.